The zero-order valence-electron chi connectivity index (χ0n) is 46.5. The minimum atomic E-state index is -5.19. The highest BCUT2D eigenvalue weighted by molar-refractivity contribution is 6.09. The van der Waals surface area contributed by atoms with Crippen molar-refractivity contribution in [3.63, 3.8) is 0 Å². The van der Waals surface area contributed by atoms with Crippen molar-refractivity contribution in [1.29, 1.82) is 0 Å². The first-order valence-electron chi connectivity index (χ1n) is 26.0. The van der Waals surface area contributed by atoms with Gasteiger partial charge in [-0.2, -0.15) is 13.2 Å². The Morgan fingerprint density at radius 2 is 0.952 bits per heavy atom. The number of nitrogens with zero attached hydrogens (tertiary/aromatic N) is 11. The molecule has 8 aromatic heterocycles. The van der Waals surface area contributed by atoms with Crippen LogP contribution in [0.25, 0.3) is 0 Å². The molecular weight excluding hydrogens is 1100 g/mol. The van der Waals surface area contributed by atoms with Gasteiger partial charge in [-0.05, 0) is 43.2 Å². The number of aryl methyl sites for hydroxylation is 8. The number of rotatable bonds is 23. The first kappa shape index (κ1) is 61.2. The maximum absolute atomic E-state index is 13.6. The number of carboxylic acid groups (broad SMARTS) is 1. The molecule has 8 rings (SSSR count). The molecule has 0 aromatic carbocycles. The van der Waals surface area contributed by atoms with Crippen LogP contribution in [0.5, 0.6) is 0 Å². The van der Waals surface area contributed by atoms with Crippen LogP contribution in [-0.2, 0) is 59.7 Å². The second-order valence-electron chi connectivity index (χ2n) is 19.2. The first-order chi connectivity index (χ1) is 39.9. The lowest BCUT2D eigenvalue weighted by molar-refractivity contribution is -0.368. The summed E-state index contributed by atoms with van der Waals surface area (Å²) in [5.41, 5.74) is 7.43. The minimum Gasteiger partial charge on any atom is -0.542 e. The molecule has 0 radical (unpaired) electrons. The fourth-order valence-corrected chi connectivity index (χ4v) is 8.68. The number of halogens is 3. The maximum atomic E-state index is 13.6. The first-order valence-corrected chi connectivity index (χ1v) is 26.0. The number of hydrogen-bond donors (Lipinski definition) is 8. The molecule has 0 spiro atoms. The Kier molecular flexibility index (Phi) is 19.6. The highest BCUT2D eigenvalue weighted by Gasteiger charge is 2.29. The summed E-state index contributed by atoms with van der Waals surface area (Å²) in [6, 6.07) is 8.10. The fraction of sp³-hybridized carbons (Fsp3) is 0.302. The molecule has 0 aliphatic carbocycles. The highest BCUT2D eigenvalue weighted by atomic mass is 19.4. The van der Waals surface area contributed by atoms with Gasteiger partial charge in [-0.15, -0.1) is 0 Å². The molecule has 0 aliphatic heterocycles. The number of aromatic nitrogens is 11. The number of amides is 7. The van der Waals surface area contributed by atoms with E-state index in [9.17, 15) is 46.7 Å². The summed E-state index contributed by atoms with van der Waals surface area (Å²) in [6.45, 7) is 2.46. The summed E-state index contributed by atoms with van der Waals surface area (Å²) < 4.78 is 45.0. The molecule has 0 atom stereocenters. The Morgan fingerprint density at radius 3 is 1.50 bits per heavy atom. The number of unbranched alkanes of at least 4 members (excludes halogenated alkanes) is 3. The van der Waals surface area contributed by atoms with Crippen molar-refractivity contribution in [2.45, 2.75) is 57.9 Å². The van der Waals surface area contributed by atoms with Crippen molar-refractivity contribution < 1.29 is 62.4 Å². The van der Waals surface area contributed by atoms with Gasteiger partial charge in [-0.1, -0.05) is 12.8 Å². The molecule has 10 N–H and O–H groups in total. The van der Waals surface area contributed by atoms with Gasteiger partial charge in [-0.3, -0.25) is 33.6 Å². The second-order valence-corrected chi connectivity index (χ2v) is 19.2. The number of carbonyl (C=O) groups excluding carboxylic acids is 8. The normalized spacial score (nSPS) is 11.1. The summed E-state index contributed by atoms with van der Waals surface area (Å²) in [7, 11) is 9.91. The molecule has 0 aliphatic rings. The summed E-state index contributed by atoms with van der Waals surface area (Å²) in [4.78, 5) is 113. The van der Waals surface area contributed by atoms with Crippen molar-refractivity contribution >= 4 is 81.6 Å². The minimum absolute atomic E-state index is 0.0503. The standard InChI is InChI=1S/C51H61N19O7.C2HF3O2/c1-53-45(71)37-22-33(26-64(37)3)57-46(72)38-23-34(27-65(38)4)58-47(73)39-24-35(28-66(39)5)59-50(76)43-55-15-21-69(43)17-10-8-7-9-16-68-19-12-32(29-68)56-48(74)40-25-36(30-70(40)18-11-13-52)60-51(77)44-61-41(31-67(44)6)62-49(75)42-54-14-20-63(42)2;3-2(4,5)1(6)7/h12,14-15,19-31H,7-11,13,16-18,52H2,1-6H3,(H,53,71)(H,56,74)(H,57,72)(H,58,73)(H,59,76)(H,60,77)(H,62,75);(H,6,7). The Labute approximate surface area is 476 Å². The van der Waals surface area contributed by atoms with E-state index in [2.05, 4.69) is 57.9 Å². The molecule has 84 heavy (non-hydrogen) atoms. The van der Waals surface area contributed by atoms with Crippen LogP contribution in [0.3, 0.4) is 0 Å². The number of alkyl halides is 3. The molecule has 0 saturated heterocycles. The largest absolute Gasteiger partial charge is 0.542 e. The number of hydrogen-bond acceptors (Lipinski definition) is 12. The van der Waals surface area contributed by atoms with Crippen LogP contribution in [0.1, 0.15) is 106 Å². The number of quaternary nitrogens is 1. The second kappa shape index (κ2) is 26.9. The van der Waals surface area contributed by atoms with E-state index >= 15 is 0 Å². The average molecular weight is 1170 g/mol. The zero-order valence-corrected chi connectivity index (χ0v) is 46.5. The number of imidazole rings is 3. The van der Waals surface area contributed by atoms with Crippen LogP contribution < -0.4 is 48.1 Å². The van der Waals surface area contributed by atoms with E-state index < -0.39 is 41.7 Å². The van der Waals surface area contributed by atoms with Crippen LogP contribution in [-0.4, -0.2) is 119 Å². The lowest BCUT2D eigenvalue weighted by Gasteiger charge is -2.08. The van der Waals surface area contributed by atoms with E-state index in [-0.39, 0.29) is 46.5 Å². The van der Waals surface area contributed by atoms with Crippen molar-refractivity contribution in [3.05, 3.63) is 139 Å². The SMILES string of the molecule is CNC(=O)c1cc(NC(=O)c2cc(NC(=O)c3cc(NC(=O)c4nccn4CCCCCCn4ccc(NC(=O)c5cc(NC(=O)c6nc(NC(=O)c7nccn7C)cn6C)cn5CCC[NH3+])c4)cn3C)cn2C)cn1C.O=C([O-])C(F)(F)F. The summed E-state index contributed by atoms with van der Waals surface area (Å²) in [5, 5.41) is 28.3. The molecule has 7 amide bonds. The number of anilines is 6. The Hall–Kier alpha value is -10.5. The van der Waals surface area contributed by atoms with E-state index in [0.29, 0.717) is 65.9 Å². The smallest absolute Gasteiger partial charge is 0.430 e. The van der Waals surface area contributed by atoms with Gasteiger partial charge in [0.2, 0.25) is 5.82 Å². The van der Waals surface area contributed by atoms with Gasteiger partial charge < -0.3 is 89.4 Å². The molecule has 0 saturated carbocycles. The lowest BCUT2D eigenvalue weighted by atomic mass is 10.2. The van der Waals surface area contributed by atoms with Crippen molar-refractivity contribution in [3.8, 4) is 0 Å². The van der Waals surface area contributed by atoms with E-state index in [0.717, 1.165) is 32.2 Å². The quantitative estimate of drug-likeness (QED) is 0.0429. The average Bonchev–Trinajstić information content (AvgIpc) is 4.30. The zero-order chi connectivity index (χ0) is 61.0. The number of aliphatic carboxylic acids is 1. The topological polar surface area (TPSA) is 350 Å². The van der Waals surface area contributed by atoms with E-state index in [1.165, 1.54) is 30.1 Å². The predicted molar refractivity (Wildman–Crippen MR) is 297 cm³/mol. The Morgan fingerprint density at radius 1 is 0.488 bits per heavy atom. The van der Waals surface area contributed by atoms with Crippen LogP contribution in [0.15, 0.2) is 98.5 Å². The molecule has 28 nitrogen and oxygen atoms in total. The van der Waals surface area contributed by atoms with Crippen molar-refractivity contribution in [2.24, 2.45) is 35.2 Å². The van der Waals surface area contributed by atoms with Crippen molar-refractivity contribution in [2.75, 3.05) is 45.5 Å². The van der Waals surface area contributed by atoms with E-state index in [1.54, 1.807) is 124 Å². The maximum Gasteiger partial charge on any atom is 0.430 e. The third kappa shape index (κ3) is 15.5. The highest BCUT2D eigenvalue weighted by Crippen LogP contribution is 2.23. The molecule has 8 aromatic rings. The molecule has 8 heterocycles. The van der Waals surface area contributed by atoms with Gasteiger partial charge in [0.1, 0.15) is 28.7 Å². The van der Waals surface area contributed by atoms with Crippen LogP contribution in [0, 0.1) is 0 Å². The van der Waals surface area contributed by atoms with Crippen LogP contribution in [0.2, 0.25) is 0 Å². The molecule has 31 heteroatoms. The molecule has 0 bridgehead atoms. The van der Waals surface area contributed by atoms with Crippen molar-refractivity contribution in [1.82, 2.24) is 56.8 Å². The van der Waals surface area contributed by atoms with Gasteiger partial charge in [-0.25, -0.2) is 15.0 Å². The lowest BCUT2D eigenvalue weighted by Crippen LogP contribution is -2.50. The van der Waals surface area contributed by atoms with Gasteiger partial charge in [0.15, 0.2) is 17.5 Å². The Balaban J connectivity index is 0.00000136. The monoisotopic (exact) mass is 1170 g/mol. The molecular formula is C53H62F3N19O9. The molecule has 0 fully saturated rings. The van der Waals surface area contributed by atoms with Gasteiger partial charge in [0.05, 0.1) is 35.0 Å². The van der Waals surface area contributed by atoms with Crippen LogP contribution >= 0.6 is 0 Å². The number of carboxylic acids is 1. The van der Waals surface area contributed by atoms with Gasteiger partial charge in [0, 0.05) is 137 Å². The summed E-state index contributed by atoms with van der Waals surface area (Å²) >= 11 is 0. The van der Waals surface area contributed by atoms with Gasteiger partial charge >= 0.3 is 6.18 Å². The van der Waals surface area contributed by atoms with Gasteiger partial charge in [0.25, 0.3) is 41.4 Å². The third-order valence-electron chi connectivity index (χ3n) is 12.8. The summed E-state index contributed by atoms with van der Waals surface area (Å²) in [5.74, 6) is -5.31. The van der Waals surface area contributed by atoms with E-state index in [1.807, 2.05) is 23.0 Å². The number of carbonyl (C=O) groups is 8. The number of nitrogens with one attached hydrogen (secondary N) is 7. The van der Waals surface area contributed by atoms with E-state index in [4.69, 9.17) is 9.90 Å². The fourth-order valence-electron chi connectivity index (χ4n) is 8.68. The predicted octanol–water partition coefficient (Wildman–Crippen LogP) is 3.03. The summed E-state index contributed by atoms with van der Waals surface area (Å²) in [6.07, 6.45) is 17.4. The molecule has 444 valence electrons. The third-order valence-corrected chi connectivity index (χ3v) is 12.8. The Bertz CT molecular complexity index is 3710. The van der Waals surface area contributed by atoms with Crippen LogP contribution in [0.4, 0.5) is 47.4 Å². The molecule has 0 unspecified atom stereocenters.